The van der Waals surface area contributed by atoms with E-state index in [-0.39, 0.29) is 11.7 Å². The van der Waals surface area contributed by atoms with Crippen LogP contribution in [0, 0.1) is 6.92 Å². The van der Waals surface area contributed by atoms with Crippen molar-refractivity contribution >= 4 is 11.7 Å². The molecule has 0 aliphatic carbocycles. The Morgan fingerprint density at radius 1 is 1.12 bits per heavy atom. The zero-order valence-corrected chi connectivity index (χ0v) is 14.2. The van der Waals surface area contributed by atoms with Gasteiger partial charge in [-0.15, -0.1) is 5.10 Å². The largest absolute Gasteiger partial charge is 0.333 e. The highest BCUT2D eigenvalue weighted by molar-refractivity contribution is 5.90. The number of nitrogens with zero attached hydrogens (tertiary/aromatic N) is 6. The van der Waals surface area contributed by atoms with E-state index in [1.807, 2.05) is 4.90 Å². The smallest absolute Gasteiger partial charge is 0.293 e. The van der Waals surface area contributed by atoms with Gasteiger partial charge in [0.1, 0.15) is 0 Å². The number of fused-ring (bicyclic) bond motifs is 1. The lowest BCUT2D eigenvalue weighted by Crippen LogP contribution is -2.48. The number of rotatable bonds is 3. The Balaban J connectivity index is 1.39. The highest BCUT2D eigenvalue weighted by atomic mass is 16.2. The molecule has 0 atom stereocenters. The van der Waals surface area contributed by atoms with Crippen LogP contribution in [0.3, 0.4) is 0 Å². The monoisotopic (exact) mass is 336 g/mol. The van der Waals surface area contributed by atoms with Gasteiger partial charge < -0.3 is 4.90 Å². The third-order valence-corrected chi connectivity index (χ3v) is 4.62. The minimum atomic E-state index is -0.124. The molecule has 3 aromatic rings. The first-order chi connectivity index (χ1) is 12.2. The fraction of sp³-hybridized carbons (Fsp3) is 0.333. The second-order valence-electron chi connectivity index (χ2n) is 6.29. The van der Waals surface area contributed by atoms with E-state index in [2.05, 4.69) is 51.2 Å². The first kappa shape index (κ1) is 15.7. The van der Waals surface area contributed by atoms with E-state index in [0.717, 1.165) is 19.6 Å². The van der Waals surface area contributed by atoms with E-state index in [9.17, 15) is 4.79 Å². The third-order valence-electron chi connectivity index (χ3n) is 4.62. The SMILES string of the molecule is Cc1ccccc1CN1CCN(C(=O)c2nc3ncccn3n2)CC1. The molecule has 1 aliphatic rings. The Morgan fingerprint density at radius 3 is 2.68 bits per heavy atom. The van der Waals surface area contributed by atoms with Gasteiger partial charge in [-0.2, -0.15) is 4.98 Å². The number of amides is 1. The van der Waals surface area contributed by atoms with Gasteiger partial charge in [0.2, 0.25) is 5.82 Å². The number of aromatic nitrogens is 4. The highest BCUT2D eigenvalue weighted by Gasteiger charge is 2.25. The molecular formula is C18H20N6O. The number of carbonyl (C=O) groups is 1. The molecule has 128 valence electrons. The van der Waals surface area contributed by atoms with Gasteiger partial charge in [0, 0.05) is 45.1 Å². The summed E-state index contributed by atoms with van der Waals surface area (Å²) in [4.78, 5) is 25.2. The summed E-state index contributed by atoms with van der Waals surface area (Å²) in [6.07, 6.45) is 3.38. The number of piperazine rings is 1. The van der Waals surface area contributed by atoms with Gasteiger partial charge in [-0.25, -0.2) is 9.50 Å². The van der Waals surface area contributed by atoms with Crippen LogP contribution in [0.15, 0.2) is 42.7 Å². The zero-order chi connectivity index (χ0) is 17.2. The number of hydrogen-bond donors (Lipinski definition) is 0. The van der Waals surface area contributed by atoms with Gasteiger partial charge in [-0.05, 0) is 24.1 Å². The molecule has 25 heavy (non-hydrogen) atoms. The summed E-state index contributed by atoms with van der Waals surface area (Å²) < 4.78 is 1.53. The molecule has 1 aromatic carbocycles. The molecule has 1 fully saturated rings. The minimum absolute atomic E-state index is 0.124. The van der Waals surface area contributed by atoms with Crippen LogP contribution >= 0.6 is 0 Å². The summed E-state index contributed by atoms with van der Waals surface area (Å²) in [5.41, 5.74) is 2.65. The van der Waals surface area contributed by atoms with Crippen LogP contribution in [-0.4, -0.2) is 61.5 Å². The van der Waals surface area contributed by atoms with Crippen LogP contribution in [0.1, 0.15) is 21.7 Å². The molecule has 1 amide bonds. The van der Waals surface area contributed by atoms with Gasteiger partial charge >= 0.3 is 0 Å². The highest BCUT2D eigenvalue weighted by Crippen LogP contribution is 2.13. The summed E-state index contributed by atoms with van der Waals surface area (Å²) in [6.45, 7) is 6.14. The molecule has 0 spiro atoms. The predicted octanol–water partition coefficient (Wildman–Crippen LogP) is 1.39. The molecular weight excluding hydrogens is 316 g/mol. The fourth-order valence-electron chi connectivity index (χ4n) is 3.10. The van der Waals surface area contributed by atoms with E-state index in [0.29, 0.717) is 18.9 Å². The second kappa shape index (κ2) is 6.60. The molecule has 0 radical (unpaired) electrons. The molecule has 0 bridgehead atoms. The predicted molar refractivity (Wildman–Crippen MR) is 93.1 cm³/mol. The quantitative estimate of drug-likeness (QED) is 0.723. The third kappa shape index (κ3) is 3.23. The Kier molecular flexibility index (Phi) is 4.15. The van der Waals surface area contributed by atoms with Crippen molar-refractivity contribution in [1.29, 1.82) is 0 Å². The summed E-state index contributed by atoms with van der Waals surface area (Å²) in [5, 5.41) is 4.22. The average Bonchev–Trinajstić information content (AvgIpc) is 3.08. The van der Waals surface area contributed by atoms with Crippen LogP contribution in [0.4, 0.5) is 0 Å². The van der Waals surface area contributed by atoms with Crippen LogP contribution in [0.5, 0.6) is 0 Å². The maximum absolute atomic E-state index is 12.6. The van der Waals surface area contributed by atoms with Crippen LogP contribution in [-0.2, 0) is 6.54 Å². The van der Waals surface area contributed by atoms with Gasteiger partial charge in [0.15, 0.2) is 0 Å². The van der Waals surface area contributed by atoms with Crippen molar-refractivity contribution in [2.45, 2.75) is 13.5 Å². The number of carbonyl (C=O) groups excluding carboxylic acids is 1. The summed E-state index contributed by atoms with van der Waals surface area (Å²) in [5.74, 6) is 0.538. The molecule has 4 rings (SSSR count). The van der Waals surface area contributed by atoms with Crippen molar-refractivity contribution in [2.24, 2.45) is 0 Å². The van der Waals surface area contributed by atoms with Gasteiger partial charge in [-0.3, -0.25) is 9.69 Å². The number of benzene rings is 1. The fourth-order valence-corrected chi connectivity index (χ4v) is 3.10. The van der Waals surface area contributed by atoms with Crippen molar-refractivity contribution in [2.75, 3.05) is 26.2 Å². The number of aryl methyl sites for hydroxylation is 1. The molecule has 7 nitrogen and oxygen atoms in total. The van der Waals surface area contributed by atoms with E-state index >= 15 is 0 Å². The Morgan fingerprint density at radius 2 is 1.92 bits per heavy atom. The first-order valence-electron chi connectivity index (χ1n) is 8.44. The molecule has 0 N–H and O–H groups in total. The summed E-state index contributed by atoms with van der Waals surface area (Å²) >= 11 is 0. The van der Waals surface area contributed by atoms with E-state index in [4.69, 9.17) is 0 Å². The topological polar surface area (TPSA) is 66.6 Å². The van der Waals surface area contributed by atoms with Crippen molar-refractivity contribution in [3.05, 3.63) is 59.7 Å². The van der Waals surface area contributed by atoms with Gasteiger partial charge in [0.25, 0.3) is 11.7 Å². The van der Waals surface area contributed by atoms with Crippen molar-refractivity contribution in [3.63, 3.8) is 0 Å². The minimum Gasteiger partial charge on any atom is -0.333 e. The van der Waals surface area contributed by atoms with Gasteiger partial charge in [0.05, 0.1) is 0 Å². The molecule has 2 aromatic heterocycles. The average molecular weight is 336 g/mol. The molecule has 1 saturated heterocycles. The second-order valence-corrected chi connectivity index (χ2v) is 6.29. The lowest BCUT2D eigenvalue weighted by molar-refractivity contribution is 0.0616. The van der Waals surface area contributed by atoms with Crippen molar-refractivity contribution < 1.29 is 4.79 Å². The summed E-state index contributed by atoms with van der Waals surface area (Å²) in [6, 6.07) is 10.2. The standard InChI is InChI=1S/C18H20N6O/c1-14-5-2-3-6-15(14)13-22-9-11-23(12-10-22)17(25)16-20-18-19-7-4-8-24(18)21-16/h2-8H,9-13H2,1H3. The van der Waals surface area contributed by atoms with E-state index in [1.165, 1.54) is 15.6 Å². The Bertz CT molecular complexity index is 864. The maximum Gasteiger partial charge on any atom is 0.293 e. The Labute approximate surface area is 145 Å². The molecule has 7 heteroatoms. The van der Waals surface area contributed by atoms with Gasteiger partial charge in [-0.1, -0.05) is 24.3 Å². The molecule has 0 unspecified atom stereocenters. The molecule has 3 heterocycles. The first-order valence-corrected chi connectivity index (χ1v) is 8.44. The normalized spacial score (nSPS) is 15.6. The van der Waals surface area contributed by atoms with Crippen LogP contribution < -0.4 is 0 Å². The molecule has 0 saturated carbocycles. The number of hydrogen-bond acceptors (Lipinski definition) is 5. The van der Waals surface area contributed by atoms with Crippen molar-refractivity contribution in [1.82, 2.24) is 29.4 Å². The van der Waals surface area contributed by atoms with E-state index in [1.54, 1.807) is 18.5 Å². The van der Waals surface area contributed by atoms with Crippen LogP contribution in [0.2, 0.25) is 0 Å². The lowest BCUT2D eigenvalue weighted by Gasteiger charge is -2.34. The zero-order valence-electron chi connectivity index (χ0n) is 14.2. The van der Waals surface area contributed by atoms with E-state index < -0.39 is 0 Å². The van der Waals surface area contributed by atoms with Crippen molar-refractivity contribution in [3.8, 4) is 0 Å². The maximum atomic E-state index is 12.6. The molecule has 1 aliphatic heterocycles. The Hall–Kier alpha value is -2.80. The van der Waals surface area contributed by atoms with Crippen LogP contribution in [0.25, 0.3) is 5.78 Å². The lowest BCUT2D eigenvalue weighted by atomic mass is 10.1. The summed E-state index contributed by atoms with van der Waals surface area (Å²) in [7, 11) is 0.